The van der Waals surface area contributed by atoms with Gasteiger partial charge in [0.2, 0.25) is 0 Å². The van der Waals surface area contributed by atoms with Gasteiger partial charge in [0, 0.05) is 12.1 Å². The average molecular weight is 373 g/mol. The van der Waals surface area contributed by atoms with Crippen molar-refractivity contribution in [3.05, 3.63) is 89.5 Å². The van der Waals surface area contributed by atoms with Crippen LogP contribution in [0.1, 0.15) is 42.3 Å². The van der Waals surface area contributed by atoms with Crippen molar-refractivity contribution in [2.75, 3.05) is 6.54 Å². The van der Waals surface area contributed by atoms with Crippen LogP contribution in [0, 0.1) is 0 Å². The number of phenols is 1. The van der Waals surface area contributed by atoms with Gasteiger partial charge in [-0.05, 0) is 52.3 Å². The Kier molecular flexibility index (Phi) is 5.84. The smallest absolute Gasteiger partial charge is 0.251 e. The molecule has 0 saturated carbocycles. The summed E-state index contributed by atoms with van der Waals surface area (Å²) in [6, 6.07) is 23.1. The molecule has 0 bridgehead atoms. The number of rotatable bonds is 5. The van der Waals surface area contributed by atoms with E-state index in [0.29, 0.717) is 12.1 Å². The van der Waals surface area contributed by atoms with Gasteiger partial charge < -0.3 is 10.4 Å². The first kappa shape index (κ1) is 19.7. The van der Waals surface area contributed by atoms with Crippen molar-refractivity contribution in [1.29, 1.82) is 0 Å². The molecule has 3 aromatic carbocycles. The minimum Gasteiger partial charge on any atom is -0.508 e. The summed E-state index contributed by atoms with van der Waals surface area (Å²) in [5.41, 5.74) is 4.83. The van der Waals surface area contributed by atoms with Gasteiger partial charge in [-0.3, -0.25) is 4.79 Å². The van der Waals surface area contributed by atoms with Crippen molar-refractivity contribution >= 4 is 5.91 Å². The zero-order valence-electron chi connectivity index (χ0n) is 16.7. The fraction of sp³-hybridized carbons (Fsp3) is 0.240. The van der Waals surface area contributed by atoms with Crippen molar-refractivity contribution in [1.82, 2.24) is 5.32 Å². The van der Waals surface area contributed by atoms with Gasteiger partial charge in [-0.25, -0.2) is 0 Å². The Labute approximate surface area is 167 Å². The predicted octanol–water partition coefficient (Wildman–Crippen LogP) is 5.33. The number of carbonyl (C=O) groups is 1. The van der Waals surface area contributed by atoms with Gasteiger partial charge in [-0.15, -0.1) is 0 Å². The molecular weight excluding hydrogens is 346 g/mol. The number of benzene rings is 3. The van der Waals surface area contributed by atoms with E-state index in [4.69, 9.17) is 0 Å². The van der Waals surface area contributed by atoms with Crippen LogP contribution in [0.5, 0.6) is 5.75 Å². The maximum atomic E-state index is 12.7. The molecule has 3 heteroatoms. The van der Waals surface area contributed by atoms with Crippen LogP contribution >= 0.6 is 0 Å². The molecule has 0 fully saturated rings. The number of hydrogen-bond donors (Lipinski definition) is 2. The average Bonchev–Trinajstić information content (AvgIpc) is 2.68. The normalized spacial score (nSPS) is 11.2. The lowest BCUT2D eigenvalue weighted by Crippen LogP contribution is -2.26. The van der Waals surface area contributed by atoms with E-state index in [-0.39, 0.29) is 17.1 Å². The lowest BCUT2D eigenvalue weighted by Gasteiger charge is -2.19. The molecule has 0 radical (unpaired) electrons. The van der Waals surface area contributed by atoms with Crippen molar-refractivity contribution in [3.63, 3.8) is 0 Å². The molecule has 28 heavy (non-hydrogen) atoms. The first-order chi connectivity index (χ1) is 13.3. The van der Waals surface area contributed by atoms with Crippen LogP contribution < -0.4 is 5.32 Å². The highest BCUT2D eigenvalue weighted by Gasteiger charge is 2.14. The Morgan fingerprint density at radius 2 is 1.61 bits per heavy atom. The summed E-state index contributed by atoms with van der Waals surface area (Å²) in [5.74, 6) is 0.0134. The highest BCUT2D eigenvalue weighted by atomic mass is 16.3. The summed E-state index contributed by atoms with van der Waals surface area (Å²) in [6.07, 6.45) is 0.773. The van der Waals surface area contributed by atoms with Crippen LogP contribution in [0.3, 0.4) is 0 Å². The number of phenolic OH excluding ortho intramolecular Hbond substituents is 1. The molecule has 1 amide bonds. The van der Waals surface area contributed by atoms with Crippen LogP contribution in [-0.2, 0) is 11.8 Å². The van der Waals surface area contributed by atoms with Gasteiger partial charge in [-0.1, -0.05) is 75.4 Å². The second kappa shape index (κ2) is 8.30. The quantitative estimate of drug-likeness (QED) is 0.635. The van der Waals surface area contributed by atoms with Crippen LogP contribution in [0.2, 0.25) is 0 Å². The minimum atomic E-state index is -0.134. The molecule has 0 spiro atoms. The van der Waals surface area contributed by atoms with E-state index in [2.05, 4.69) is 50.4 Å². The molecule has 0 heterocycles. The Hall–Kier alpha value is -3.07. The third kappa shape index (κ3) is 4.80. The summed E-state index contributed by atoms with van der Waals surface area (Å²) < 4.78 is 0. The van der Waals surface area contributed by atoms with Crippen LogP contribution in [-0.4, -0.2) is 17.6 Å². The summed E-state index contributed by atoms with van der Waals surface area (Å²) in [6.45, 7) is 7.15. The van der Waals surface area contributed by atoms with Gasteiger partial charge in [0.15, 0.2) is 0 Å². The van der Waals surface area contributed by atoms with Crippen LogP contribution in [0.25, 0.3) is 11.1 Å². The van der Waals surface area contributed by atoms with Crippen molar-refractivity contribution in [3.8, 4) is 16.9 Å². The molecule has 144 valence electrons. The van der Waals surface area contributed by atoms with Gasteiger partial charge >= 0.3 is 0 Å². The monoisotopic (exact) mass is 373 g/mol. The Balaban J connectivity index is 1.67. The van der Waals surface area contributed by atoms with Crippen LogP contribution in [0.15, 0.2) is 72.8 Å². The highest BCUT2D eigenvalue weighted by molar-refractivity contribution is 6.01. The van der Waals surface area contributed by atoms with E-state index in [0.717, 1.165) is 17.5 Å². The first-order valence-corrected chi connectivity index (χ1v) is 9.60. The Bertz CT molecular complexity index is 939. The molecule has 3 aromatic rings. The molecule has 0 aliphatic rings. The number of carbonyl (C=O) groups excluding carboxylic acids is 1. The topological polar surface area (TPSA) is 49.3 Å². The van der Waals surface area contributed by atoms with E-state index in [9.17, 15) is 9.90 Å². The number of aromatic hydroxyl groups is 1. The molecule has 0 aliphatic carbocycles. The SMILES string of the molecule is CC(C)(C)c1ccc(CCNC(=O)c2ccc(O)cc2-c2ccccc2)cc1. The summed E-state index contributed by atoms with van der Waals surface area (Å²) in [4.78, 5) is 12.7. The van der Waals surface area contributed by atoms with Gasteiger partial charge in [0.05, 0.1) is 0 Å². The molecule has 2 N–H and O–H groups in total. The number of amides is 1. The molecular formula is C25H27NO2. The molecule has 0 atom stereocenters. The third-order valence-corrected chi connectivity index (χ3v) is 4.85. The second-order valence-corrected chi connectivity index (χ2v) is 8.05. The second-order valence-electron chi connectivity index (χ2n) is 8.05. The van der Waals surface area contributed by atoms with Crippen molar-refractivity contribution < 1.29 is 9.90 Å². The molecule has 0 aromatic heterocycles. The van der Waals surface area contributed by atoms with E-state index >= 15 is 0 Å². The summed E-state index contributed by atoms with van der Waals surface area (Å²) in [7, 11) is 0. The minimum absolute atomic E-state index is 0.134. The number of nitrogens with one attached hydrogen (secondary N) is 1. The molecule has 3 rings (SSSR count). The largest absolute Gasteiger partial charge is 0.508 e. The number of hydrogen-bond acceptors (Lipinski definition) is 2. The predicted molar refractivity (Wildman–Crippen MR) is 115 cm³/mol. The zero-order valence-corrected chi connectivity index (χ0v) is 16.7. The van der Waals surface area contributed by atoms with E-state index < -0.39 is 0 Å². The van der Waals surface area contributed by atoms with Gasteiger partial charge in [-0.2, -0.15) is 0 Å². The van der Waals surface area contributed by atoms with Gasteiger partial charge in [0.1, 0.15) is 5.75 Å². The fourth-order valence-corrected chi connectivity index (χ4v) is 3.17. The Morgan fingerprint density at radius 3 is 2.25 bits per heavy atom. The third-order valence-electron chi connectivity index (χ3n) is 4.85. The Morgan fingerprint density at radius 1 is 0.929 bits per heavy atom. The van der Waals surface area contributed by atoms with Crippen LogP contribution in [0.4, 0.5) is 0 Å². The lowest BCUT2D eigenvalue weighted by atomic mass is 9.86. The maximum absolute atomic E-state index is 12.7. The zero-order chi connectivity index (χ0) is 20.1. The highest BCUT2D eigenvalue weighted by Crippen LogP contribution is 2.27. The van der Waals surface area contributed by atoms with Crippen molar-refractivity contribution in [2.24, 2.45) is 0 Å². The fourth-order valence-electron chi connectivity index (χ4n) is 3.17. The lowest BCUT2D eigenvalue weighted by molar-refractivity contribution is 0.0955. The standard InChI is InChI=1S/C25H27NO2/c1-25(2,3)20-11-9-18(10-12-20)15-16-26-24(28)22-14-13-21(27)17-23(22)19-7-5-4-6-8-19/h4-14,17,27H,15-16H2,1-3H3,(H,26,28). The molecule has 0 aliphatic heterocycles. The summed E-state index contributed by atoms with van der Waals surface area (Å²) >= 11 is 0. The maximum Gasteiger partial charge on any atom is 0.251 e. The van der Waals surface area contributed by atoms with E-state index in [1.165, 1.54) is 11.1 Å². The summed E-state index contributed by atoms with van der Waals surface area (Å²) in [5, 5.41) is 12.9. The first-order valence-electron chi connectivity index (χ1n) is 9.60. The van der Waals surface area contributed by atoms with E-state index in [1.807, 2.05) is 30.3 Å². The molecule has 0 unspecified atom stereocenters. The van der Waals surface area contributed by atoms with E-state index in [1.54, 1.807) is 18.2 Å². The van der Waals surface area contributed by atoms with Gasteiger partial charge in [0.25, 0.3) is 5.91 Å². The van der Waals surface area contributed by atoms with Crippen molar-refractivity contribution in [2.45, 2.75) is 32.6 Å². The molecule has 3 nitrogen and oxygen atoms in total. The molecule has 0 saturated heterocycles.